The molecule has 2 saturated heterocycles. The van der Waals surface area contributed by atoms with E-state index in [0.717, 1.165) is 31.7 Å². The lowest BCUT2D eigenvalue weighted by Gasteiger charge is -2.46. The molecule has 3 aliphatic rings. The molecule has 1 aromatic heterocycles. The second kappa shape index (κ2) is 7.22. The van der Waals surface area contributed by atoms with Crippen LogP contribution in [0.3, 0.4) is 0 Å². The van der Waals surface area contributed by atoms with Crippen molar-refractivity contribution in [3.05, 3.63) is 24.2 Å². The van der Waals surface area contributed by atoms with Crippen LogP contribution in [0.5, 0.6) is 0 Å². The second-order valence-corrected chi connectivity index (χ2v) is 7.86. The zero-order chi connectivity index (χ0) is 17.2. The average molecular weight is 344 g/mol. The van der Waals surface area contributed by atoms with Crippen LogP contribution < -0.4 is 0 Å². The molecule has 1 saturated carbocycles. The molecule has 1 aromatic rings. The molecule has 5 heteroatoms. The zero-order valence-electron chi connectivity index (χ0n) is 14.9. The summed E-state index contributed by atoms with van der Waals surface area (Å²) in [6, 6.07) is 2.19. The van der Waals surface area contributed by atoms with Crippen molar-refractivity contribution in [1.29, 1.82) is 0 Å². The number of amides is 2. The normalized spacial score (nSPS) is 27.8. The molecular formula is C20H28N2O3. The average Bonchev–Trinajstić information content (AvgIpc) is 3.21. The van der Waals surface area contributed by atoms with E-state index in [1.807, 2.05) is 4.90 Å². The van der Waals surface area contributed by atoms with Crippen LogP contribution in [0.1, 0.15) is 61.7 Å². The highest BCUT2D eigenvalue weighted by Gasteiger charge is 2.39. The van der Waals surface area contributed by atoms with Crippen molar-refractivity contribution < 1.29 is 14.0 Å². The predicted octanol–water partition coefficient (Wildman–Crippen LogP) is 3.31. The fraction of sp³-hybridized carbons (Fsp3) is 0.700. The van der Waals surface area contributed by atoms with Gasteiger partial charge in [0, 0.05) is 31.6 Å². The number of carbonyl (C=O) groups excluding carboxylic acids is 2. The van der Waals surface area contributed by atoms with Crippen molar-refractivity contribution in [3.8, 4) is 0 Å². The lowest BCUT2D eigenvalue weighted by molar-refractivity contribution is -0.143. The Morgan fingerprint density at radius 2 is 1.72 bits per heavy atom. The van der Waals surface area contributed by atoms with Gasteiger partial charge in [0.25, 0.3) is 5.91 Å². The summed E-state index contributed by atoms with van der Waals surface area (Å²) >= 11 is 0. The number of rotatable bonds is 2. The Morgan fingerprint density at radius 3 is 2.48 bits per heavy atom. The first-order chi connectivity index (χ1) is 12.2. The van der Waals surface area contributed by atoms with Gasteiger partial charge in [0.1, 0.15) is 6.26 Å². The molecule has 0 aromatic carbocycles. The number of hydrogen-bond donors (Lipinski definition) is 0. The van der Waals surface area contributed by atoms with Crippen molar-refractivity contribution in [3.63, 3.8) is 0 Å². The predicted molar refractivity (Wildman–Crippen MR) is 94.0 cm³/mol. The molecular weight excluding hydrogens is 316 g/mol. The number of furan rings is 1. The molecule has 2 atom stereocenters. The number of hydrogen-bond acceptors (Lipinski definition) is 3. The van der Waals surface area contributed by atoms with Crippen molar-refractivity contribution in [1.82, 2.24) is 9.80 Å². The molecule has 136 valence electrons. The van der Waals surface area contributed by atoms with Crippen LogP contribution in [0.25, 0.3) is 0 Å². The smallest absolute Gasteiger partial charge is 0.257 e. The minimum atomic E-state index is 0.0185. The standard InChI is InChI=1S/C20H28N2O3/c23-19(17-9-13-25-14-17)21-11-7-16(8-12-21)20(24)22-10-3-5-15-4-1-2-6-18(15)22/h9,13-16,18H,1-8,10-12H2. The summed E-state index contributed by atoms with van der Waals surface area (Å²) in [6.45, 7) is 2.28. The van der Waals surface area contributed by atoms with Crippen LogP contribution >= 0.6 is 0 Å². The Morgan fingerprint density at radius 1 is 0.960 bits per heavy atom. The number of likely N-dealkylation sites (tertiary alicyclic amines) is 2. The molecule has 5 nitrogen and oxygen atoms in total. The van der Waals surface area contributed by atoms with Crippen LogP contribution in [0.2, 0.25) is 0 Å². The summed E-state index contributed by atoms with van der Waals surface area (Å²) in [4.78, 5) is 29.6. The fourth-order valence-corrected chi connectivity index (χ4v) is 5.03. The van der Waals surface area contributed by atoms with E-state index in [-0.39, 0.29) is 11.8 Å². The Balaban J connectivity index is 1.35. The van der Waals surface area contributed by atoms with E-state index >= 15 is 0 Å². The number of piperidine rings is 2. The van der Waals surface area contributed by atoms with Gasteiger partial charge in [-0.1, -0.05) is 12.8 Å². The monoisotopic (exact) mass is 344 g/mol. The molecule has 1 aliphatic carbocycles. The highest BCUT2D eigenvalue weighted by molar-refractivity contribution is 5.94. The van der Waals surface area contributed by atoms with Gasteiger partial charge in [-0.05, 0) is 50.5 Å². The van der Waals surface area contributed by atoms with Gasteiger partial charge in [0.2, 0.25) is 5.91 Å². The van der Waals surface area contributed by atoms with Crippen LogP contribution in [-0.2, 0) is 4.79 Å². The van der Waals surface area contributed by atoms with Gasteiger partial charge < -0.3 is 14.2 Å². The fourth-order valence-electron chi connectivity index (χ4n) is 5.03. The van der Waals surface area contributed by atoms with Crippen LogP contribution in [-0.4, -0.2) is 47.3 Å². The first-order valence-electron chi connectivity index (χ1n) is 9.86. The summed E-state index contributed by atoms with van der Waals surface area (Å²) in [5.74, 6) is 1.19. The van der Waals surface area contributed by atoms with Gasteiger partial charge in [-0.25, -0.2) is 0 Å². The number of fused-ring (bicyclic) bond motifs is 1. The number of carbonyl (C=O) groups is 2. The molecule has 3 heterocycles. The third kappa shape index (κ3) is 3.33. The minimum Gasteiger partial charge on any atom is -0.472 e. The van der Waals surface area contributed by atoms with E-state index in [1.165, 1.54) is 44.6 Å². The maximum atomic E-state index is 13.1. The zero-order valence-corrected chi connectivity index (χ0v) is 14.9. The van der Waals surface area contributed by atoms with E-state index < -0.39 is 0 Å². The Hall–Kier alpha value is -1.78. The summed E-state index contributed by atoms with van der Waals surface area (Å²) < 4.78 is 5.01. The van der Waals surface area contributed by atoms with Gasteiger partial charge >= 0.3 is 0 Å². The molecule has 0 bridgehead atoms. The van der Waals surface area contributed by atoms with E-state index in [4.69, 9.17) is 4.42 Å². The maximum Gasteiger partial charge on any atom is 0.257 e. The molecule has 0 spiro atoms. The van der Waals surface area contributed by atoms with Gasteiger partial charge in [-0.2, -0.15) is 0 Å². The summed E-state index contributed by atoms with van der Waals surface area (Å²) in [5, 5.41) is 0. The van der Waals surface area contributed by atoms with E-state index in [2.05, 4.69) is 4.90 Å². The molecule has 3 fully saturated rings. The third-order valence-electron chi connectivity index (χ3n) is 6.43. The number of nitrogens with zero attached hydrogens (tertiary/aromatic N) is 2. The highest BCUT2D eigenvalue weighted by atomic mass is 16.3. The highest BCUT2D eigenvalue weighted by Crippen LogP contribution is 2.36. The van der Waals surface area contributed by atoms with Crippen molar-refractivity contribution >= 4 is 11.8 Å². The Kier molecular flexibility index (Phi) is 4.82. The first-order valence-corrected chi connectivity index (χ1v) is 9.86. The van der Waals surface area contributed by atoms with Crippen LogP contribution in [0, 0.1) is 11.8 Å². The van der Waals surface area contributed by atoms with Gasteiger partial charge in [0.05, 0.1) is 11.8 Å². The molecule has 0 radical (unpaired) electrons. The largest absolute Gasteiger partial charge is 0.472 e. The van der Waals surface area contributed by atoms with Crippen LogP contribution in [0.4, 0.5) is 0 Å². The van der Waals surface area contributed by atoms with Gasteiger partial charge in [-0.3, -0.25) is 9.59 Å². The summed E-state index contributed by atoms with van der Waals surface area (Å²) in [6.07, 6.45) is 12.1. The minimum absolute atomic E-state index is 0.0185. The van der Waals surface area contributed by atoms with E-state index in [9.17, 15) is 9.59 Å². The summed E-state index contributed by atoms with van der Waals surface area (Å²) in [5.41, 5.74) is 0.603. The van der Waals surface area contributed by atoms with E-state index in [0.29, 0.717) is 30.6 Å². The topological polar surface area (TPSA) is 53.8 Å². The van der Waals surface area contributed by atoms with Crippen molar-refractivity contribution in [2.45, 2.75) is 57.4 Å². The Bertz CT molecular complexity index is 602. The molecule has 2 unspecified atom stereocenters. The van der Waals surface area contributed by atoms with Gasteiger partial charge in [-0.15, -0.1) is 0 Å². The molecule has 25 heavy (non-hydrogen) atoms. The maximum absolute atomic E-state index is 13.1. The molecule has 2 amide bonds. The lowest BCUT2D eigenvalue weighted by Crippen LogP contribution is -2.53. The molecule has 4 rings (SSSR count). The van der Waals surface area contributed by atoms with Crippen molar-refractivity contribution in [2.24, 2.45) is 11.8 Å². The van der Waals surface area contributed by atoms with Crippen molar-refractivity contribution in [2.75, 3.05) is 19.6 Å². The van der Waals surface area contributed by atoms with Gasteiger partial charge in [0.15, 0.2) is 0 Å². The second-order valence-electron chi connectivity index (χ2n) is 7.86. The van der Waals surface area contributed by atoms with Crippen LogP contribution in [0.15, 0.2) is 23.0 Å². The Labute approximate surface area is 149 Å². The lowest BCUT2D eigenvalue weighted by atomic mass is 9.77. The van der Waals surface area contributed by atoms with E-state index in [1.54, 1.807) is 6.07 Å². The first kappa shape index (κ1) is 16.7. The summed E-state index contributed by atoms with van der Waals surface area (Å²) in [7, 11) is 0. The third-order valence-corrected chi connectivity index (χ3v) is 6.43. The quantitative estimate of drug-likeness (QED) is 0.827. The molecule has 0 N–H and O–H groups in total. The molecule has 2 aliphatic heterocycles. The SMILES string of the molecule is O=C(c1ccoc1)N1CCC(C(=O)N2CCCC3CCCCC32)CC1.